The zero-order valence-corrected chi connectivity index (χ0v) is 12.2. The van der Waals surface area contributed by atoms with Crippen LogP contribution in [0, 0.1) is 5.92 Å². The van der Waals surface area contributed by atoms with E-state index < -0.39 is 11.9 Å². The minimum absolute atomic E-state index is 0.0579. The molecule has 0 bridgehead atoms. The van der Waals surface area contributed by atoms with Crippen molar-refractivity contribution in [3.63, 3.8) is 0 Å². The number of aryl methyl sites for hydroxylation is 1. The number of rotatable bonds is 6. The third-order valence-electron chi connectivity index (χ3n) is 4.29. The molecule has 1 fully saturated rings. The van der Waals surface area contributed by atoms with Crippen molar-refractivity contribution in [2.24, 2.45) is 5.92 Å². The van der Waals surface area contributed by atoms with E-state index in [1.807, 2.05) is 0 Å². The highest BCUT2D eigenvalue weighted by Gasteiger charge is 2.14. The second-order valence-electron chi connectivity index (χ2n) is 5.93. The van der Waals surface area contributed by atoms with Crippen molar-refractivity contribution < 1.29 is 19.8 Å². The van der Waals surface area contributed by atoms with Gasteiger partial charge in [-0.25, -0.2) is 9.59 Å². The van der Waals surface area contributed by atoms with Gasteiger partial charge in [-0.1, -0.05) is 38.5 Å². The Morgan fingerprint density at radius 3 is 2.05 bits per heavy atom. The molecule has 0 heterocycles. The standard InChI is InChI=1S/C17H22O4/c18-16(19)14-9-13(10-15(11-14)17(20)21)8-4-7-12-5-2-1-3-6-12/h9-12H,1-8H2,(H,18,19)(H,20,21). The average molecular weight is 290 g/mol. The Balaban J connectivity index is 1.98. The van der Waals surface area contributed by atoms with Gasteiger partial charge in [0.05, 0.1) is 11.1 Å². The summed E-state index contributed by atoms with van der Waals surface area (Å²) < 4.78 is 0. The molecular weight excluding hydrogens is 268 g/mol. The van der Waals surface area contributed by atoms with Crippen LogP contribution in [-0.2, 0) is 6.42 Å². The predicted octanol–water partition coefficient (Wildman–Crippen LogP) is 3.99. The van der Waals surface area contributed by atoms with Crippen LogP contribution in [0.2, 0.25) is 0 Å². The molecule has 1 aliphatic rings. The zero-order chi connectivity index (χ0) is 15.2. The molecule has 2 N–H and O–H groups in total. The molecule has 114 valence electrons. The van der Waals surface area contributed by atoms with Gasteiger partial charge >= 0.3 is 11.9 Å². The van der Waals surface area contributed by atoms with Crippen molar-refractivity contribution in [2.75, 3.05) is 0 Å². The Hall–Kier alpha value is -1.84. The van der Waals surface area contributed by atoms with Crippen LogP contribution in [0.4, 0.5) is 0 Å². The third kappa shape index (κ3) is 4.59. The van der Waals surface area contributed by atoms with Gasteiger partial charge in [-0.3, -0.25) is 0 Å². The highest BCUT2D eigenvalue weighted by molar-refractivity contribution is 5.94. The van der Waals surface area contributed by atoms with Gasteiger partial charge in [0.25, 0.3) is 0 Å². The minimum Gasteiger partial charge on any atom is -0.478 e. The quantitative estimate of drug-likeness (QED) is 0.830. The third-order valence-corrected chi connectivity index (χ3v) is 4.29. The fraction of sp³-hybridized carbons (Fsp3) is 0.529. The van der Waals surface area contributed by atoms with E-state index in [0.29, 0.717) is 0 Å². The number of carbonyl (C=O) groups is 2. The van der Waals surface area contributed by atoms with Gasteiger partial charge in [0.2, 0.25) is 0 Å². The predicted molar refractivity (Wildman–Crippen MR) is 79.9 cm³/mol. The molecule has 1 saturated carbocycles. The van der Waals surface area contributed by atoms with Crippen LogP contribution in [0.25, 0.3) is 0 Å². The Bertz CT molecular complexity index is 483. The maximum Gasteiger partial charge on any atom is 0.335 e. The van der Waals surface area contributed by atoms with Gasteiger partial charge in [-0.05, 0) is 42.5 Å². The normalized spacial score (nSPS) is 15.8. The lowest BCUT2D eigenvalue weighted by atomic mass is 9.85. The molecule has 0 aliphatic heterocycles. The first-order chi connectivity index (χ1) is 10.1. The number of benzene rings is 1. The summed E-state index contributed by atoms with van der Waals surface area (Å²) in [7, 11) is 0. The van der Waals surface area contributed by atoms with Gasteiger partial charge in [0.15, 0.2) is 0 Å². The fourth-order valence-corrected chi connectivity index (χ4v) is 3.15. The summed E-state index contributed by atoms with van der Waals surface area (Å²) in [4.78, 5) is 22.1. The minimum atomic E-state index is -1.08. The van der Waals surface area contributed by atoms with Crippen LogP contribution in [0.5, 0.6) is 0 Å². The summed E-state index contributed by atoms with van der Waals surface area (Å²) >= 11 is 0. The van der Waals surface area contributed by atoms with E-state index in [1.165, 1.54) is 38.2 Å². The first kappa shape index (κ1) is 15.5. The van der Waals surface area contributed by atoms with Crippen LogP contribution in [-0.4, -0.2) is 22.2 Å². The highest BCUT2D eigenvalue weighted by Crippen LogP contribution is 2.28. The van der Waals surface area contributed by atoms with Crippen molar-refractivity contribution in [1.29, 1.82) is 0 Å². The van der Waals surface area contributed by atoms with Crippen LogP contribution >= 0.6 is 0 Å². The fourth-order valence-electron chi connectivity index (χ4n) is 3.15. The second kappa shape index (κ2) is 7.25. The lowest BCUT2D eigenvalue weighted by Gasteiger charge is -2.21. The summed E-state index contributed by atoms with van der Waals surface area (Å²) in [6.45, 7) is 0. The molecule has 0 aromatic heterocycles. The van der Waals surface area contributed by atoms with Crippen LogP contribution in [0.1, 0.15) is 71.2 Å². The molecule has 0 spiro atoms. The van der Waals surface area contributed by atoms with Crippen LogP contribution in [0.3, 0.4) is 0 Å². The largest absolute Gasteiger partial charge is 0.478 e. The summed E-state index contributed by atoms with van der Waals surface area (Å²) in [5.74, 6) is -1.36. The summed E-state index contributed by atoms with van der Waals surface area (Å²) in [5.41, 5.74) is 0.924. The Labute approximate surface area is 124 Å². The first-order valence-electron chi connectivity index (χ1n) is 7.67. The Morgan fingerprint density at radius 1 is 0.952 bits per heavy atom. The lowest BCUT2D eigenvalue weighted by molar-refractivity contribution is 0.0696. The number of carboxylic acid groups (broad SMARTS) is 2. The van der Waals surface area contributed by atoms with Gasteiger partial charge in [0.1, 0.15) is 0 Å². The highest BCUT2D eigenvalue weighted by atomic mass is 16.4. The topological polar surface area (TPSA) is 74.6 Å². The van der Waals surface area contributed by atoms with Crippen molar-refractivity contribution in [1.82, 2.24) is 0 Å². The molecule has 0 saturated heterocycles. The van der Waals surface area contributed by atoms with Gasteiger partial charge < -0.3 is 10.2 Å². The molecule has 0 atom stereocenters. The number of carboxylic acids is 2. The smallest absolute Gasteiger partial charge is 0.335 e. The molecule has 4 heteroatoms. The molecule has 1 aliphatic carbocycles. The summed E-state index contributed by atoms with van der Waals surface area (Å²) in [5, 5.41) is 18.1. The molecule has 21 heavy (non-hydrogen) atoms. The van der Waals surface area contributed by atoms with E-state index in [9.17, 15) is 9.59 Å². The Kier molecular flexibility index (Phi) is 5.37. The average Bonchev–Trinajstić information content (AvgIpc) is 2.48. The van der Waals surface area contributed by atoms with E-state index >= 15 is 0 Å². The molecule has 2 rings (SSSR count). The van der Waals surface area contributed by atoms with Gasteiger partial charge in [0, 0.05) is 0 Å². The molecule has 0 unspecified atom stereocenters. The molecule has 1 aromatic carbocycles. The lowest BCUT2D eigenvalue weighted by Crippen LogP contribution is -2.07. The zero-order valence-electron chi connectivity index (χ0n) is 12.2. The second-order valence-corrected chi connectivity index (χ2v) is 5.93. The maximum atomic E-state index is 11.1. The molecule has 4 nitrogen and oxygen atoms in total. The van der Waals surface area contributed by atoms with Crippen LogP contribution in [0.15, 0.2) is 18.2 Å². The molecule has 1 aromatic rings. The van der Waals surface area contributed by atoms with Crippen molar-refractivity contribution in [2.45, 2.75) is 51.4 Å². The number of aromatic carboxylic acids is 2. The Morgan fingerprint density at radius 2 is 1.52 bits per heavy atom. The van der Waals surface area contributed by atoms with E-state index in [-0.39, 0.29) is 11.1 Å². The molecular formula is C17H22O4. The SMILES string of the molecule is O=C(O)c1cc(CCCC2CCCCC2)cc(C(=O)O)c1. The van der Waals surface area contributed by atoms with Gasteiger partial charge in [-0.2, -0.15) is 0 Å². The van der Waals surface area contributed by atoms with E-state index in [2.05, 4.69) is 0 Å². The van der Waals surface area contributed by atoms with E-state index in [1.54, 1.807) is 12.1 Å². The van der Waals surface area contributed by atoms with Crippen LogP contribution < -0.4 is 0 Å². The maximum absolute atomic E-state index is 11.1. The van der Waals surface area contributed by atoms with Crippen molar-refractivity contribution in [3.05, 3.63) is 34.9 Å². The summed E-state index contributed by atoms with van der Waals surface area (Å²) in [6.07, 6.45) is 9.49. The number of hydrogen-bond donors (Lipinski definition) is 2. The monoisotopic (exact) mass is 290 g/mol. The van der Waals surface area contributed by atoms with E-state index in [0.717, 1.165) is 30.7 Å². The van der Waals surface area contributed by atoms with E-state index in [4.69, 9.17) is 10.2 Å². The summed E-state index contributed by atoms with van der Waals surface area (Å²) in [6, 6.07) is 4.40. The first-order valence-corrected chi connectivity index (χ1v) is 7.67. The van der Waals surface area contributed by atoms with Crippen molar-refractivity contribution >= 4 is 11.9 Å². The number of hydrogen-bond acceptors (Lipinski definition) is 2. The molecule has 0 radical (unpaired) electrons. The van der Waals surface area contributed by atoms with Crippen molar-refractivity contribution in [3.8, 4) is 0 Å². The molecule has 0 amide bonds. The van der Waals surface area contributed by atoms with Gasteiger partial charge in [-0.15, -0.1) is 0 Å².